The fraction of sp³-hybridized carbons (Fsp3) is 0.429. The van der Waals surface area contributed by atoms with Crippen LogP contribution in [0.25, 0.3) is 0 Å². The third-order valence-corrected chi connectivity index (χ3v) is 3.57. The molecule has 0 spiro atoms. The molecule has 1 aliphatic rings. The summed E-state index contributed by atoms with van der Waals surface area (Å²) in [7, 11) is 0. The van der Waals surface area contributed by atoms with Gasteiger partial charge in [-0.2, -0.15) is 4.98 Å². The minimum Gasteiger partial charge on any atom is -0.398 e. The van der Waals surface area contributed by atoms with E-state index in [1.54, 1.807) is 0 Å². The lowest BCUT2D eigenvalue weighted by atomic mass is 9.98. The second-order valence-electron chi connectivity index (χ2n) is 4.90. The zero-order valence-corrected chi connectivity index (χ0v) is 11.1. The maximum Gasteiger partial charge on any atom is 0.226 e. The summed E-state index contributed by atoms with van der Waals surface area (Å²) in [5, 5.41) is 4.00. The van der Waals surface area contributed by atoms with E-state index in [0.717, 1.165) is 44.0 Å². The van der Waals surface area contributed by atoms with Crippen LogP contribution < -0.4 is 5.73 Å². The molecule has 0 amide bonds. The maximum atomic E-state index is 6.05. The lowest BCUT2D eigenvalue weighted by molar-refractivity contribution is 0.236. The number of nitrogen functional groups attached to an aromatic ring is 1. The van der Waals surface area contributed by atoms with Crippen LogP contribution in [-0.2, 0) is 25.9 Å². The third kappa shape index (κ3) is 2.46. The van der Waals surface area contributed by atoms with Gasteiger partial charge in [0.25, 0.3) is 0 Å². The number of nitrogens with two attached hydrogens (primary N) is 1. The molecular weight excluding hydrogens is 240 g/mol. The summed E-state index contributed by atoms with van der Waals surface area (Å²) < 4.78 is 5.14. The second-order valence-corrected chi connectivity index (χ2v) is 4.90. The van der Waals surface area contributed by atoms with Crippen LogP contribution in [-0.4, -0.2) is 21.6 Å². The highest BCUT2D eigenvalue weighted by Gasteiger charge is 2.19. The molecule has 0 saturated carbocycles. The standard InChI is InChI=1S/C14H18N4O/c1-2-14-16-13(17-19-14)9-18-7-6-10-4-3-5-12(15)11(10)8-18/h3-5H,2,6-9,15H2,1H3. The lowest BCUT2D eigenvalue weighted by Gasteiger charge is -2.28. The van der Waals surface area contributed by atoms with Gasteiger partial charge >= 0.3 is 0 Å². The zero-order valence-electron chi connectivity index (χ0n) is 11.1. The molecule has 0 saturated heterocycles. The van der Waals surface area contributed by atoms with Crippen molar-refractivity contribution in [2.24, 2.45) is 0 Å². The normalized spacial score (nSPS) is 15.4. The highest BCUT2D eigenvalue weighted by Crippen LogP contribution is 2.24. The summed E-state index contributed by atoms with van der Waals surface area (Å²) in [5.74, 6) is 1.46. The van der Waals surface area contributed by atoms with E-state index in [0.29, 0.717) is 5.89 Å². The Morgan fingerprint density at radius 2 is 2.32 bits per heavy atom. The third-order valence-electron chi connectivity index (χ3n) is 3.57. The molecule has 100 valence electrons. The number of fused-ring (bicyclic) bond motifs is 1. The Labute approximate surface area is 112 Å². The molecule has 0 aliphatic carbocycles. The molecule has 0 fully saturated rings. The molecule has 5 heteroatoms. The molecule has 3 rings (SSSR count). The molecule has 1 aliphatic heterocycles. The first-order chi connectivity index (χ1) is 9.26. The molecule has 2 N–H and O–H groups in total. The van der Waals surface area contributed by atoms with Crippen molar-refractivity contribution in [3.8, 4) is 0 Å². The van der Waals surface area contributed by atoms with Gasteiger partial charge in [-0.15, -0.1) is 0 Å². The first-order valence-electron chi connectivity index (χ1n) is 6.66. The van der Waals surface area contributed by atoms with E-state index in [4.69, 9.17) is 10.3 Å². The maximum absolute atomic E-state index is 6.05. The number of nitrogens with zero attached hydrogens (tertiary/aromatic N) is 3. The monoisotopic (exact) mass is 258 g/mol. The van der Waals surface area contributed by atoms with Crippen molar-refractivity contribution in [1.82, 2.24) is 15.0 Å². The average molecular weight is 258 g/mol. The van der Waals surface area contributed by atoms with Gasteiger partial charge in [0.15, 0.2) is 5.82 Å². The number of aryl methyl sites for hydroxylation is 1. The predicted octanol–water partition coefficient (Wildman–Crippen LogP) is 1.77. The highest BCUT2D eigenvalue weighted by molar-refractivity contribution is 5.51. The van der Waals surface area contributed by atoms with Crippen molar-refractivity contribution < 1.29 is 4.52 Å². The molecular formula is C14H18N4O. The van der Waals surface area contributed by atoms with Gasteiger partial charge in [0.1, 0.15) is 0 Å². The molecule has 0 unspecified atom stereocenters. The number of benzene rings is 1. The fourth-order valence-electron chi connectivity index (χ4n) is 2.50. The Morgan fingerprint density at radius 3 is 3.11 bits per heavy atom. The predicted molar refractivity (Wildman–Crippen MR) is 72.3 cm³/mol. The molecule has 1 aromatic heterocycles. The summed E-state index contributed by atoms with van der Waals surface area (Å²) in [6.07, 6.45) is 1.81. The topological polar surface area (TPSA) is 68.2 Å². The smallest absolute Gasteiger partial charge is 0.226 e. The van der Waals surface area contributed by atoms with Crippen LogP contribution in [0.3, 0.4) is 0 Å². The van der Waals surface area contributed by atoms with Crippen molar-refractivity contribution in [1.29, 1.82) is 0 Å². The Morgan fingerprint density at radius 1 is 1.42 bits per heavy atom. The van der Waals surface area contributed by atoms with E-state index in [2.05, 4.69) is 21.1 Å². The Hall–Kier alpha value is -1.88. The molecule has 2 heterocycles. The van der Waals surface area contributed by atoms with Crippen LogP contribution in [0.2, 0.25) is 0 Å². The van der Waals surface area contributed by atoms with Crippen LogP contribution in [0, 0.1) is 0 Å². The van der Waals surface area contributed by atoms with Gasteiger partial charge in [-0.1, -0.05) is 24.2 Å². The molecule has 0 bridgehead atoms. The van der Waals surface area contributed by atoms with Crippen molar-refractivity contribution in [2.75, 3.05) is 12.3 Å². The van der Waals surface area contributed by atoms with E-state index >= 15 is 0 Å². The van der Waals surface area contributed by atoms with E-state index in [1.165, 1.54) is 11.1 Å². The molecule has 19 heavy (non-hydrogen) atoms. The lowest BCUT2D eigenvalue weighted by Crippen LogP contribution is -2.31. The van der Waals surface area contributed by atoms with Crippen molar-refractivity contribution in [2.45, 2.75) is 32.9 Å². The van der Waals surface area contributed by atoms with E-state index in [1.807, 2.05) is 19.1 Å². The summed E-state index contributed by atoms with van der Waals surface area (Å²) in [6.45, 7) is 4.59. The van der Waals surface area contributed by atoms with Crippen molar-refractivity contribution in [3.05, 3.63) is 41.0 Å². The number of rotatable bonds is 3. The number of hydrogen-bond donors (Lipinski definition) is 1. The van der Waals surface area contributed by atoms with E-state index in [9.17, 15) is 0 Å². The zero-order chi connectivity index (χ0) is 13.2. The quantitative estimate of drug-likeness (QED) is 0.850. The number of hydrogen-bond acceptors (Lipinski definition) is 5. The van der Waals surface area contributed by atoms with Crippen molar-refractivity contribution in [3.63, 3.8) is 0 Å². The minimum atomic E-state index is 0.701. The molecule has 5 nitrogen and oxygen atoms in total. The Kier molecular flexibility index (Phi) is 3.21. The van der Waals surface area contributed by atoms with Crippen LogP contribution >= 0.6 is 0 Å². The number of anilines is 1. The number of aromatic nitrogens is 2. The van der Waals surface area contributed by atoms with Crippen LogP contribution in [0.1, 0.15) is 29.8 Å². The Bertz CT molecular complexity index is 579. The summed E-state index contributed by atoms with van der Waals surface area (Å²) in [4.78, 5) is 6.66. The van der Waals surface area contributed by atoms with E-state index in [-0.39, 0.29) is 0 Å². The Balaban J connectivity index is 1.73. The van der Waals surface area contributed by atoms with Gasteiger partial charge in [0.2, 0.25) is 5.89 Å². The highest BCUT2D eigenvalue weighted by atomic mass is 16.5. The molecule has 1 aromatic carbocycles. The molecule has 0 atom stereocenters. The second kappa shape index (κ2) is 5.01. The van der Waals surface area contributed by atoms with Gasteiger partial charge in [-0.05, 0) is 23.6 Å². The van der Waals surface area contributed by atoms with Crippen LogP contribution in [0.5, 0.6) is 0 Å². The van der Waals surface area contributed by atoms with Crippen LogP contribution in [0.15, 0.2) is 22.7 Å². The minimum absolute atomic E-state index is 0.701. The first kappa shape index (κ1) is 12.2. The average Bonchev–Trinajstić information content (AvgIpc) is 2.87. The van der Waals surface area contributed by atoms with E-state index < -0.39 is 0 Å². The summed E-state index contributed by atoms with van der Waals surface area (Å²) in [5.41, 5.74) is 9.53. The fourth-order valence-corrected chi connectivity index (χ4v) is 2.50. The molecule has 0 radical (unpaired) electrons. The summed E-state index contributed by atoms with van der Waals surface area (Å²) in [6, 6.07) is 6.15. The summed E-state index contributed by atoms with van der Waals surface area (Å²) >= 11 is 0. The van der Waals surface area contributed by atoms with Crippen LogP contribution in [0.4, 0.5) is 5.69 Å². The van der Waals surface area contributed by atoms with Gasteiger partial charge in [0.05, 0.1) is 6.54 Å². The SMILES string of the molecule is CCc1nc(CN2CCc3cccc(N)c3C2)no1. The largest absolute Gasteiger partial charge is 0.398 e. The first-order valence-corrected chi connectivity index (χ1v) is 6.66. The van der Waals surface area contributed by atoms with Crippen molar-refractivity contribution >= 4 is 5.69 Å². The van der Waals surface area contributed by atoms with Gasteiger partial charge in [0, 0.05) is 25.2 Å². The van der Waals surface area contributed by atoms with Gasteiger partial charge < -0.3 is 10.3 Å². The molecule has 2 aromatic rings. The van der Waals surface area contributed by atoms with Gasteiger partial charge in [-0.3, -0.25) is 4.90 Å². The van der Waals surface area contributed by atoms with Gasteiger partial charge in [-0.25, -0.2) is 0 Å².